The summed E-state index contributed by atoms with van der Waals surface area (Å²) >= 11 is 0. The van der Waals surface area contributed by atoms with Gasteiger partial charge in [0.1, 0.15) is 0 Å². The van der Waals surface area contributed by atoms with Crippen molar-refractivity contribution in [2.45, 2.75) is 91.5 Å². The summed E-state index contributed by atoms with van der Waals surface area (Å²) in [4.78, 5) is 0. The number of nitrogens with zero attached hydrogens (tertiary/aromatic N) is 2. The third kappa shape index (κ3) is 3.37. The van der Waals surface area contributed by atoms with Gasteiger partial charge in [-0.2, -0.15) is 5.10 Å². The Bertz CT molecular complexity index is 783. The largest absolute Gasteiger partial charge is 0.271 e. The van der Waals surface area contributed by atoms with Crippen molar-refractivity contribution < 1.29 is 0 Å². The Balaban J connectivity index is 1.26. The molecule has 1 aromatic heterocycles. The first-order valence-electron chi connectivity index (χ1n) is 12.4. The van der Waals surface area contributed by atoms with Crippen LogP contribution in [-0.4, -0.2) is 9.78 Å². The van der Waals surface area contributed by atoms with Gasteiger partial charge in [-0.3, -0.25) is 4.68 Å². The van der Waals surface area contributed by atoms with E-state index in [0.29, 0.717) is 10.8 Å². The Kier molecular flexibility index (Phi) is 4.88. The van der Waals surface area contributed by atoms with Gasteiger partial charge in [0.25, 0.3) is 0 Å². The standard InChI is InChI=1S/C27H40N2/c1-5-19-17-28-29(18-19)15-12-21-7-9-25-24-8-6-20-16-26(2,3)13-10-22(20)23(24)11-14-27(21,25)4/h1,17-18,20-25H,6-16H2,2-4H3. The van der Waals surface area contributed by atoms with E-state index in [9.17, 15) is 0 Å². The molecule has 0 spiro atoms. The van der Waals surface area contributed by atoms with Gasteiger partial charge >= 0.3 is 0 Å². The number of aryl methyl sites for hydroxylation is 1. The second-order valence-electron chi connectivity index (χ2n) is 12.1. The summed E-state index contributed by atoms with van der Waals surface area (Å²) in [5.41, 5.74) is 2.08. The van der Waals surface area contributed by atoms with Gasteiger partial charge in [-0.1, -0.05) is 26.7 Å². The van der Waals surface area contributed by atoms with Crippen molar-refractivity contribution in [2.24, 2.45) is 46.3 Å². The van der Waals surface area contributed by atoms with E-state index in [2.05, 4.69) is 36.5 Å². The molecule has 4 aliphatic rings. The molecule has 158 valence electrons. The molecule has 7 unspecified atom stereocenters. The number of terminal acetylenes is 1. The highest BCUT2D eigenvalue weighted by molar-refractivity contribution is 5.26. The van der Waals surface area contributed by atoms with Gasteiger partial charge in [0, 0.05) is 12.7 Å². The lowest BCUT2D eigenvalue weighted by Crippen LogP contribution is -2.49. The van der Waals surface area contributed by atoms with E-state index in [-0.39, 0.29) is 0 Å². The van der Waals surface area contributed by atoms with Crippen molar-refractivity contribution in [3.05, 3.63) is 18.0 Å². The zero-order valence-corrected chi connectivity index (χ0v) is 18.9. The molecule has 0 N–H and O–H groups in total. The molecule has 7 atom stereocenters. The summed E-state index contributed by atoms with van der Waals surface area (Å²) in [6, 6.07) is 0. The SMILES string of the molecule is C#Cc1cnn(CCC2CCC3C4CCC5CC(C)(C)CCC5C4CCC23C)c1. The highest BCUT2D eigenvalue weighted by Gasteiger charge is 2.56. The van der Waals surface area contributed by atoms with Crippen LogP contribution in [0.2, 0.25) is 0 Å². The molecule has 1 heterocycles. The third-order valence-corrected chi connectivity index (χ3v) is 10.2. The maximum Gasteiger partial charge on any atom is 0.0646 e. The van der Waals surface area contributed by atoms with Crippen molar-refractivity contribution in [3.8, 4) is 12.3 Å². The summed E-state index contributed by atoms with van der Waals surface area (Å²) in [6.45, 7) is 8.72. The van der Waals surface area contributed by atoms with Crippen LogP contribution in [0.5, 0.6) is 0 Å². The fourth-order valence-electron chi connectivity index (χ4n) is 8.74. The van der Waals surface area contributed by atoms with Crippen LogP contribution in [0.3, 0.4) is 0 Å². The van der Waals surface area contributed by atoms with Crippen molar-refractivity contribution in [1.29, 1.82) is 0 Å². The Hall–Kier alpha value is -1.23. The molecule has 0 radical (unpaired) electrons. The average Bonchev–Trinajstić information content (AvgIpc) is 3.29. The molecular formula is C27H40N2. The number of hydrogen-bond acceptors (Lipinski definition) is 1. The van der Waals surface area contributed by atoms with Gasteiger partial charge in [-0.25, -0.2) is 0 Å². The highest BCUT2D eigenvalue weighted by atomic mass is 15.3. The molecule has 4 saturated carbocycles. The molecule has 2 nitrogen and oxygen atoms in total. The first-order valence-corrected chi connectivity index (χ1v) is 12.4. The molecule has 1 aromatic rings. The lowest BCUT2D eigenvalue weighted by Gasteiger charge is -2.57. The summed E-state index contributed by atoms with van der Waals surface area (Å²) in [6.07, 6.45) is 24.1. The van der Waals surface area contributed by atoms with Gasteiger partial charge in [-0.15, -0.1) is 6.42 Å². The molecule has 0 bridgehead atoms. The number of rotatable bonds is 3. The predicted molar refractivity (Wildman–Crippen MR) is 119 cm³/mol. The first-order chi connectivity index (χ1) is 13.9. The molecule has 0 amide bonds. The zero-order chi connectivity index (χ0) is 20.2. The van der Waals surface area contributed by atoms with Gasteiger partial charge in [0.2, 0.25) is 0 Å². The molecule has 0 saturated heterocycles. The van der Waals surface area contributed by atoms with E-state index in [1.165, 1.54) is 64.2 Å². The highest BCUT2D eigenvalue weighted by Crippen LogP contribution is 2.65. The molecule has 5 rings (SSSR count). The van der Waals surface area contributed by atoms with E-state index in [0.717, 1.165) is 47.6 Å². The van der Waals surface area contributed by atoms with Crippen molar-refractivity contribution >= 4 is 0 Å². The van der Waals surface area contributed by atoms with Crippen molar-refractivity contribution in [2.75, 3.05) is 0 Å². The number of aromatic nitrogens is 2. The minimum absolute atomic E-state index is 0.573. The normalized spacial score (nSPS) is 43.1. The van der Waals surface area contributed by atoms with Crippen LogP contribution in [-0.2, 0) is 6.54 Å². The van der Waals surface area contributed by atoms with Crippen LogP contribution in [0, 0.1) is 58.7 Å². The predicted octanol–water partition coefficient (Wildman–Crippen LogP) is 6.55. The van der Waals surface area contributed by atoms with Crippen LogP contribution in [0.4, 0.5) is 0 Å². The van der Waals surface area contributed by atoms with Crippen LogP contribution < -0.4 is 0 Å². The second-order valence-corrected chi connectivity index (χ2v) is 12.1. The topological polar surface area (TPSA) is 17.8 Å². The van der Waals surface area contributed by atoms with Crippen LogP contribution in [0.1, 0.15) is 90.5 Å². The Labute approximate surface area is 178 Å². The molecule has 2 heteroatoms. The van der Waals surface area contributed by atoms with E-state index in [1.54, 1.807) is 0 Å². The van der Waals surface area contributed by atoms with Crippen LogP contribution in [0.25, 0.3) is 0 Å². The van der Waals surface area contributed by atoms with Gasteiger partial charge in [0.05, 0.1) is 11.8 Å². The summed E-state index contributed by atoms with van der Waals surface area (Å²) < 4.78 is 2.08. The zero-order valence-electron chi connectivity index (χ0n) is 18.9. The lowest BCUT2D eigenvalue weighted by molar-refractivity contribution is -0.0767. The molecule has 0 aliphatic heterocycles. The molecule has 4 aliphatic carbocycles. The Morgan fingerprint density at radius 1 is 1.03 bits per heavy atom. The van der Waals surface area contributed by atoms with E-state index in [1.807, 2.05) is 12.4 Å². The maximum absolute atomic E-state index is 5.51. The summed E-state index contributed by atoms with van der Waals surface area (Å²) in [7, 11) is 0. The summed E-state index contributed by atoms with van der Waals surface area (Å²) in [5.74, 6) is 8.72. The second kappa shape index (κ2) is 7.18. The fraction of sp³-hybridized carbons (Fsp3) is 0.815. The van der Waals surface area contributed by atoms with E-state index in [4.69, 9.17) is 6.42 Å². The first kappa shape index (κ1) is 19.7. The van der Waals surface area contributed by atoms with Gasteiger partial charge in [0.15, 0.2) is 0 Å². The van der Waals surface area contributed by atoms with Crippen LogP contribution in [0.15, 0.2) is 12.4 Å². The Morgan fingerprint density at radius 2 is 1.86 bits per heavy atom. The third-order valence-electron chi connectivity index (χ3n) is 10.2. The number of hydrogen-bond donors (Lipinski definition) is 0. The number of fused-ring (bicyclic) bond motifs is 5. The quantitative estimate of drug-likeness (QED) is 0.533. The maximum atomic E-state index is 5.51. The van der Waals surface area contributed by atoms with E-state index >= 15 is 0 Å². The molecule has 0 aromatic carbocycles. The average molecular weight is 393 g/mol. The molecule has 29 heavy (non-hydrogen) atoms. The Morgan fingerprint density at radius 3 is 2.66 bits per heavy atom. The van der Waals surface area contributed by atoms with Gasteiger partial charge in [-0.05, 0) is 111 Å². The smallest absolute Gasteiger partial charge is 0.0646 e. The van der Waals surface area contributed by atoms with Crippen LogP contribution >= 0.6 is 0 Å². The monoisotopic (exact) mass is 392 g/mol. The van der Waals surface area contributed by atoms with Crippen molar-refractivity contribution in [1.82, 2.24) is 9.78 Å². The van der Waals surface area contributed by atoms with Crippen molar-refractivity contribution in [3.63, 3.8) is 0 Å². The van der Waals surface area contributed by atoms with E-state index < -0.39 is 0 Å². The molecular weight excluding hydrogens is 352 g/mol. The minimum atomic E-state index is 0.573. The minimum Gasteiger partial charge on any atom is -0.271 e. The summed E-state index contributed by atoms with van der Waals surface area (Å²) in [5, 5.41) is 4.47. The molecule has 4 fully saturated rings. The fourth-order valence-corrected chi connectivity index (χ4v) is 8.74. The lowest BCUT2D eigenvalue weighted by atomic mass is 9.48. The van der Waals surface area contributed by atoms with Gasteiger partial charge < -0.3 is 0 Å².